The van der Waals surface area contributed by atoms with E-state index in [2.05, 4.69) is 41.7 Å². The molecule has 2 aromatic heterocycles. The van der Waals surface area contributed by atoms with E-state index in [0.29, 0.717) is 28.1 Å². The number of carbonyl (C=O) groups is 2. The van der Waals surface area contributed by atoms with Gasteiger partial charge >= 0.3 is 0 Å². The van der Waals surface area contributed by atoms with Gasteiger partial charge in [-0.2, -0.15) is 0 Å². The lowest BCUT2D eigenvalue weighted by Gasteiger charge is -2.11. The molecule has 9 nitrogen and oxygen atoms in total. The zero-order valence-corrected chi connectivity index (χ0v) is 17.5. The Morgan fingerprint density at radius 2 is 1.87 bits per heavy atom. The van der Waals surface area contributed by atoms with E-state index in [9.17, 15) is 9.59 Å². The first-order chi connectivity index (χ1) is 14.6. The summed E-state index contributed by atoms with van der Waals surface area (Å²) in [6.07, 6.45) is 5.09. The maximum Gasteiger partial charge on any atom is 0.275 e. The van der Waals surface area contributed by atoms with Crippen LogP contribution in [0.4, 0.5) is 5.69 Å². The third-order valence-corrected chi connectivity index (χ3v) is 5.29. The van der Waals surface area contributed by atoms with Crippen LogP contribution < -0.4 is 10.6 Å². The van der Waals surface area contributed by atoms with Crippen LogP contribution in [0, 0.1) is 0 Å². The number of rotatable bonds is 6. The predicted molar refractivity (Wildman–Crippen MR) is 113 cm³/mol. The van der Waals surface area contributed by atoms with Crippen LogP contribution in [0.15, 0.2) is 53.5 Å². The normalized spacial score (nSPS) is 15.7. The molecule has 2 N–H and O–H groups in total. The number of hydrogen-bond acceptors (Lipinski definition) is 6. The van der Waals surface area contributed by atoms with Crippen molar-refractivity contribution < 1.29 is 14.3 Å². The molecule has 3 heterocycles. The molecule has 154 valence electrons. The third kappa shape index (κ3) is 4.71. The SMILES string of the molecule is O=C(NC[C@@H]1CCCO1)c1ccc(NC(=O)c2nc(-n3cnnc3)ccc2Br)cc1. The summed E-state index contributed by atoms with van der Waals surface area (Å²) in [7, 11) is 0. The van der Waals surface area contributed by atoms with Gasteiger partial charge in [0.1, 0.15) is 24.2 Å². The van der Waals surface area contributed by atoms with Crippen LogP contribution in [-0.2, 0) is 4.74 Å². The van der Waals surface area contributed by atoms with Crippen LogP contribution in [0.2, 0.25) is 0 Å². The first-order valence-corrected chi connectivity index (χ1v) is 10.2. The monoisotopic (exact) mass is 470 g/mol. The van der Waals surface area contributed by atoms with Crippen LogP contribution >= 0.6 is 15.9 Å². The molecule has 0 aliphatic carbocycles. The first kappa shape index (κ1) is 20.2. The van der Waals surface area contributed by atoms with Gasteiger partial charge in [-0.25, -0.2) is 4.98 Å². The van der Waals surface area contributed by atoms with E-state index in [1.807, 2.05) is 0 Å². The molecule has 1 saturated heterocycles. The summed E-state index contributed by atoms with van der Waals surface area (Å²) in [5.41, 5.74) is 1.29. The van der Waals surface area contributed by atoms with Gasteiger partial charge in [0.25, 0.3) is 11.8 Å². The number of benzene rings is 1. The molecule has 1 aromatic carbocycles. The number of aromatic nitrogens is 4. The average molecular weight is 471 g/mol. The van der Waals surface area contributed by atoms with Crippen molar-refractivity contribution in [1.82, 2.24) is 25.1 Å². The fourth-order valence-electron chi connectivity index (χ4n) is 3.06. The minimum atomic E-state index is -0.382. The number of halogens is 1. The molecule has 2 amide bonds. The van der Waals surface area contributed by atoms with Crippen LogP contribution in [0.5, 0.6) is 0 Å². The molecule has 0 saturated carbocycles. The highest BCUT2D eigenvalue weighted by Crippen LogP contribution is 2.19. The number of anilines is 1. The van der Waals surface area contributed by atoms with Crippen molar-refractivity contribution >= 4 is 33.4 Å². The Bertz CT molecular complexity index is 1030. The Kier molecular flexibility index (Phi) is 6.15. The highest BCUT2D eigenvalue weighted by atomic mass is 79.9. The van der Waals surface area contributed by atoms with Gasteiger partial charge in [-0.15, -0.1) is 10.2 Å². The molecule has 1 aliphatic rings. The molecule has 0 bridgehead atoms. The Labute approximate surface area is 181 Å². The number of pyridine rings is 1. The third-order valence-electron chi connectivity index (χ3n) is 4.65. The Hall–Kier alpha value is -3.11. The molecular formula is C20H19BrN6O3. The van der Waals surface area contributed by atoms with Crippen LogP contribution in [0.1, 0.15) is 33.7 Å². The number of nitrogens with one attached hydrogen (secondary N) is 2. The van der Waals surface area contributed by atoms with E-state index >= 15 is 0 Å². The fraction of sp³-hybridized carbons (Fsp3) is 0.250. The summed E-state index contributed by atoms with van der Waals surface area (Å²) >= 11 is 3.36. The van der Waals surface area contributed by atoms with Crippen molar-refractivity contribution in [2.75, 3.05) is 18.5 Å². The topological polar surface area (TPSA) is 111 Å². The summed E-state index contributed by atoms with van der Waals surface area (Å²) in [5, 5.41) is 13.1. The zero-order chi connectivity index (χ0) is 20.9. The Morgan fingerprint density at radius 1 is 1.10 bits per heavy atom. The lowest BCUT2D eigenvalue weighted by molar-refractivity contribution is 0.0857. The Balaban J connectivity index is 1.40. The summed E-state index contributed by atoms with van der Waals surface area (Å²) in [5.74, 6) is -0.0339. The quantitative estimate of drug-likeness (QED) is 0.572. The molecule has 4 rings (SSSR count). The van der Waals surface area contributed by atoms with Crippen molar-refractivity contribution in [1.29, 1.82) is 0 Å². The molecule has 1 atom stereocenters. The van der Waals surface area contributed by atoms with Gasteiger partial charge in [0.2, 0.25) is 0 Å². The van der Waals surface area contributed by atoms with E-state index in [1.54, 1.807) is 41.0 Å². The van der Waals surface area contributed by atoms with Crippen molar-refractivity contribution in [2.45, 2.75) is 18.9 Å². The lowest BCUT2D eigenvalue weighted by Crippen LogP contribution is -2.31. The maximum atomic E-state index is 12.7. The van der Waals surface area contributed by atoms with Gasteiger partial charge in [-0.3, -0.25) is 14.2 Å². The summed E-state index contributed by atoms with van der Waals surface area (Å²) < 4.78 is 7.67. The van der Waals surface area contributed by atoms with Crippen LogP contribution in [-0.4, -0.2) is 50.8 Å². The predicted octanol–water partition coefficient (Wildman–Crippen LogP) is 2.59. The fourth-order valence-corrected chi connectivity index (χ4v) is 3.46. The van der Waals surface area contributed by atoms with Gasteiger partial charge in [-0.05, 0) is 65.2 Å². The number of amides is 2. The van der Waals surface area contributed by atoms with Gasteiger partial charge in [0.05, 0.1) is 6.10 Å². The van der Waals surface area contributed by atoms with E-state index < -0.39 is 0 Å². The van der Waals surface area contributed by atoms with Gasteiger partial charge in [0, 0.05) is 28.9 Å². The smallest absolute Gasteiger partial charge is 0.275 e. The van der Waals surface area contributed by atoms with E-state index in [4.69, 9.17) is 4.74 Å². The molecule has 30 heavy (non-hydrogen) atoms. The second kappa shape index (κ2) is 9.14. The number of ether oxygens (including phenoxy) is 1. The van der Waals surface area contributed by atoms with E-state index in [-0.39, 0.29) is 23.6 Å². The second-order valence-electron chi connectivity index (χ2n) is 6.75. The van der Waals surface area contributed by atoms with Crippen molar-refractivity contribution in [2.24, 2.45) is 0 Å². The second-order valence-corrected chi connectivity index (χ2v) is 7.60. The van der Waals surface area contributed by atoms with Crippen LogP contribution in [0.25, 0.3) is 5.82 Å². The van der Waals surface area contributed by atoms with Gasteiger partial charge < -0.3 is 15.4 Å². The molecule has 1 aliphatic heterocycles. The maximum absolute atomic E-state index is 12.7. The van der Waals surface area contributed by atoms with Gasteiger partial charge in [0.15, 0.2) is 0 Å². The minimum absolute atomic E-state index is 0.0901. The average Bonchev–Trinajstić information content (AvgIpc) is 3.47. The largest absolute Gasteiger partial charge is 0.376 e. The number of nitrogens with zero attached hydrogens (tertiary/aromatic N) is 4. The van der Waals surface area contributed by atoms with Crippen molar-refractivity contribution in [3.63, 3.8) is 0 Å². The van der Waals surface area contributed by atoms with Crippen LogP contribution in [0.3, 0.4) is 0 Å². The molecular weight excluding hydrogens is 452 g/mol. The number of carbonyl (C=O) groups excluding carboxylic acids is 2. The standard InChI is InChI=1S/C20H19BrN6O3/c21-16-7-8-17(27-11-23-24-12-27)26-18(16)20(29)25-14-5-3-13(4-6-14)19(28)22-10-15-2-1-9-30-15/h3-8,11-12,15H,1-2,9-10H2,(H,22,28)(H,25,29)/t15-/m0/s1. The lowest BCUT2D eigenvalue weighted by atomic mass is 10.1. The summed E-state index contributed by atoms with van der Waals surface area (Å²) in [4.78, 5) is 29.3. The highest BCUT2D eigenvalue weighted by Gasteiger charge is 2.17. The molecule has 3 aromatic rings. The van der Waals surface area contributed by atoms with E-state index in [1.165, 1.54) is 12.7 Å². The Morgan fingerprint density at radius 3 is 2.57 bits per heavy atom. The van der Waals surface area contributed by atoms with Crippen molar-refractivity contribution in [3.05, 3.63) is 64.8 Å². The van der Waals surface area contributed by atoms with Gasteiger partial charge in [-0.1, -0.05) is 0 Å². The molecule has 10 heteroatoms. The number of hydrogen-bond donors (Lipinski definition) is 2. The molecule has 0 spiro atoms. The zero-order valence-electron chi connectivity index (χ0n) is 15.9. The first-order valence-electron chi connectivity index (χ1n) is 9.43. The minimum Gasteiger partial charge on any atom is -0.376 e. The summed E-state index contributed by atoms with van der Waals surface area (Å²) in [6.45, 7) is 1.25. The van der Waals surface area contributed by atoms with E-state index in [0.717, 1.165) is 19.4 Å². The molecule has 0 unspecified atom stereocenters. The van der Waals surface area contributed by atoms with Crippen molar-refractivity contribution in [3.8, 4) is 5.82 Å². The molecule has 0 radical (unpaired) electrons. The highest BCUT2D eigenvalue weighted by molar-refractivity contribution is 9.10. The molecule has 1 fully saturated rings. The summed E-state index contributed by atoms with van der Waals surface area (Å²) in [6, 6.07) is 10.2.